The van der Waals surface area contributed by atoms with E-state index in [1.54, 1.807) is 0 Å². The van der Waals surface area contributed by atoms with Gasteiger partial charge in [-0.2, -0.15) is 0 Å². The van der Waals surface area contributed by atoms with E-state index in [-0.39, 0.29) is 27.3 Å². The molecule has 0 radical (unpaired) electrons. The molecule has 2 rings (SSSR count). The molecule has 0 unspecified atom stereocenters. The van der Waals surface area contributed by atoms with Crippen LogP contribution in [0.2, 0.25) is 0 Å². The first-order valence-corrected chi connectivity index (χ1v) is 5.51. The second kappa shape index (κ2) is 7.14. The summed E-state index contributed by atoms with van der Waals surface area (Å²) in [4.78, 5) is 2.60. The monoisotopic (exact) mass is 296 g/mol. The van der Waals surface area contributed by atoms with E-state index in [0.29, 0.717) is 0 Å². The summed E-state index contributed by atoms with van der Waals surface area (Å²) in [6.45, 7) is 8.38. The third-order valence-electron chi connectivity index (χ3n) is 3.12. The first-order valence-electron chi connectivity index (χ1n) is 5.51. The molecule has 0 aliphatic carbocycles. The van der Waals surface area contributed by atoms with Crippen molar-refractivity contribution in [1.82, 2.24) is 10.2 Å². The van der Waals surface area contributed by atoms with Crippen LogP contribution in [-0.4, -0.2) is 50.7 Å². The Morgan fingerprint density at radius 2 is 1.79 bits per heavy atom. The van der Waals surface area contributed by atoms with Crippen molar-refractivity contribution >= 4 is 0 Å². The zero-order chi connectivity index (χ0) is 8.93. The van der Waals surface area contributed by atoms with Crippen molar-refractivity contribution in [1.29, 1.82) is 0 Å². The molecule has 0 spiro atoms. The van der Waals surface area contributed by atoms with Crippen molar-refractivity contribution in [3.05, 3.63) is 5.32 Å². The summed E-state index contributed by atoms with van der Waals surface area (Å²) in [7, 11) is 0. The van der Waals surface area contributed by atoms with Gasteiger partial charge in [0.1, 0.15) is 0 Å². The van der Waals surface area contributed by atoms with Crippen molar-refractivity contribution in [3.63, 3.8) is 0 Å². The van der Waals surface area contributed by atoms with Gasteiger partial charge in [0.25, 0.3) is 0 Å². The summed E-state index contributed by atoms with van der Waals surface area (Å²) >= 11 is 0. The van der Waals surface area contributed by atoms with Crippen LogP contribution in [0, 0.1) is 5.92 Å². The third-order valence-corrected chi connectivity index (χ3v) is 3.12. The van der Waals surface area contributed by atoms with Crippen LogP contribution in [0.4, 0.5) is 0 Å². The predicted octanol–water partition coefficient (Wildman–Crippen LogP) is 0.673. The van der Waals surface area contributed by atoms with E-state index in [1.165, 1.54) is 45.6 Å². The maximum absolute atomic E-state index is 4.39. The van der Waals surface area contributed by atoms with E-state index in [0.717, 1.165) is 19.0 Å². The minimum absolute atomic E-state index is 0. The third kappa shape index (κ3) is 4.12. The van der Waals surface area contributed by atoms with Crippen molar-refractivity contribution in [3.8, 4) is 0 Å². The van der Waals surface area contributed by atoms with Crippen LogP contribution < -0.4 is 5.32 Å². The summed E-state index contributed by atoms with van der Waals surface area (Å²) in [6.07, 6.45) is 2.65. The fraction of sp³-hybridized carbons (Fsp3) is 1.00. The normalized spacial score (nSPS) is 25.7. The Morgan fingerprint density at radius 3 is 2.43 bits per heavy atom. The van der Waals surface area contributed by atoms with Crippen LogP contribution in [-0.2, 0) is 27.3 Å². The van der Waals surface area contributed by atoms with Gasteiger partial charge in [-0.3, -0.25) is 0 Å². The van der Waals surface area contributed by atoms with Gasteiger partial charge >= 0.3 is 0 Å². The molecular formula is C10H20CdN3-. The van der Waals surface area contributed by atoms with E-state index in [4.69, 9.17) is 0 Å². The molecule has 78 valence electrons. The quantitative estimate of drug-likeness (QED) is 0.759. The Morgan fingerprint density at radius 1 is 1.14 bits per heavy atom. The van der Waals surface area contributed by atoms with E-state index in [1.807, 2.05) is 0 Å². The molecular weight excluding hydrogens is 275 g/mol. The average molecular weight is 295 g/mol. The number of piperazine rings is 1. The number of hydrogen-bond acceptors (Lipinski definition) is 2. The molecule has 2 aliphatic rings. The van der Waals surface area contributed by atoms with Crippen LogP contribution in [0.5, 0.6) is 0 Å². The molecule has 2 fully saturated rings. The first-order chi connectivity index (χ1) is 6.45. The van der Waals surface area contributed by atoms with Crippen LogP contribution in [0.15, 0.2) is 0 Å². The minimum atomic E-state index is 0. The molecule has 0 atom stereocenters. The molecule has 0 amide bonds. The van der Waals surface area contributed by atoms with E-state index in [9.17, 15) is 0 Å². The Kier molecular flexibility index (Phi) is 6.56. The van der Waals surface area contributed by atoms with Gasteiger partial charge in [0.05, 0.1) is 0 Å². The van der Waals surface area contributed by atoms with Crippen molar-refractivity contribution < 1.29 is 27.3 Å². The molecule has 2 heterocycles. The molecule has 1 N–H and O–H groups in total. The van der Waals surface area contributed by atoms with Gasteiger partial charge in [-0.1, -0.05) is 12.8 Å². The van der Waals surface area contributed by atoms with Crippen molar-refractivity contribution in [2.24, 2.45) is 5.92 Å². The summed E-state index contributed by atoms with van der Waals surface area (Å²) in [5.74, 6) is 0.926. The van der Waals surface area contributed by atoms with Gasteiger partial charge in [-0.15, -0.1) is 13.1 Å². The van der Waals surface area contributed by atoms with Gasteiger partial charge in [-0.05, 0) is 5.92 Å². The maximum Gasteiger partial charge on any atom is 0.0107 e. The number of hydrogen-bond donors (Lipinski definition) is 1. The molecule has 2 saturated heterocycles. The fourth-order valence-electron chi connectivity index (χ4n) is 2.25. The van der Waals surface area contributed by atoms with E-state index < -0.39 is 0 Å². The van der Waals surface area contributed by atoms with Gasteiger partial charge in [-0.25, -0.2) is 0 Å². The van der Waals surface area contributed by atoms with Crippen LogP contribution in [0.25, 0.3) is 5.32 Å². The summed E-state index contributed by atoms with van der Waals surface area (Å²) in [5, 5.41) is 7.78. The zero-order valence-electron chi connectivity index (χ0n) is 9.04. The largest absolute Gasteiger partial charge is 0.662 e. The molecule has 0 bridgehead atoms. The number of nitrogens with one attached hydrogen (secondary N) is 1. The van der Waals surface area contributed by atoms with E-state index >= 15 is 0 Å². The molecule has 2 aliphatic heterocycles. The Labute approximate surface area is 107 Å². The summed E-state index contributed by atoms with van der Waals surface area (Å²) < 4.78 is 0. The van der Waals surface area contributed by atoms with Crippen LogP contribution in [0.1, 0.15) is 12.8 Å². The second-order valence-corrected chi connectivity index (χ2v) is 4.16. The van der Waals surface area contributed by atoms with Crippen molar-refractivity contribution in [2.75, 3.05) is 45.8 Å². The molecule has 0 aromatic carbocycles. The first kappa shape index (κ1) is 12.9. The van der Waals surface area contributed by atoms with Gasteiger partial charge in [0.2, 0.25) is 0 Å². The van der Waals surface area contributed by atoms with Gasteiger partial charge < -0.3 is 15.5 Å². The molecule has 14 heavy (non-hydrogen) atoms. The topological polar surface area (TPSA) is 29.4 Å². The van der Waals surface area contributed by atoms with Crippen LogP contribution in [0.3, 0.4) is 0 Å². The van der Waals surface area contributed by atoms with Gasteiger partial charge in [0, 0.05) is 60.0 Å². The van der Waals surface area contributed by atoms with Gasteiger partial charge in [0.15, 0.2) is 0 Å². The zero-order valence-corrected chi connectivity index (χ0v) is 13.1. The van der Waals surface area contributed by atoms with E-state index in [2.05, 4.69) is 15.5 Å². The fourth-order valence-corrected chi connectivity index (χ4v) is 2.25. The molecule has 3 nitrogen and oxygen atoms in total. The summed E-state index contributed by atoms with van der Waals surface area (Å²) in [5.41, 5.74) is 0. The SMILES string of the molecule is C1CC(CN2CCNCC2)CC[N-]1.[Cd]. The smallest absolute Gasteiger partial charge is 0.0107 e. The Hall–Kier alpha value is 0.802. The number of piperidine rings is 1. The predicted molar refractivity (Wildman–Crippen MR) is 55.1 cm³/mol. The summed E-state index contributed by atoms with van der Waals surface area (Å²) in [6, 6.07) is 0. The molecule has 4 heteroatoms. The Balaban J connectivity index is 0.000000980. The second-order valence-electron chi connectivity index (χ2n) is 4.16. The Bertz CT molecular complexity index is 126. The molecule has 0 saturated carbocycles. The van der Waals surface area contributed by atoms with Crippen LogP contribution >= 0.6 is 0 Å². The standard InChI is InChI=1S/C10H20N3.Cd/c1-3-11-4-2-10(1)9-13-7-5-12-6-8-13;/h10,12H,1-9H2;/q-1;. The number of nitrogens with zero attached hydrogens (tertiary/aromatic N) is 2. The van der Waals surface area contributed by atoms with Crippen molar-refractivity contribution in [2.45, 2.75) is 12.8 Å². The molecule has 0 aromatic heterocycles. The average Bonchev–Trinajstić information content (AvgIpc) is 2.21. The maximum atomic E-state index is 4.39. The minimum Gasteiger partial charge on any atom is -0.662 e. The molecule has 0 aromatic rings. The number of rotatable bonds is 2.